The summed E-state index contributed by atoms with van der Waals surface area (Å²) in [6, 6.07) is 24.1. The van der Waals surface area contributed by atoms with Gasteiger partial charge in [0.25, 0.3) is 11.5 Å². The van der Waals surface area contributed by atoms with E-state index < -0.39 is 11.2 Å². The molecule has 5 rings (SSSR count). The Hall–Kier alpha value is -4.04. The molecule has 4 aromatic rings. The molecular weight excluding hydrogens is 442 g/mol. The van der Waals surface area contributed by atoms with Crippen molar-refractivity contribution in [3.63, 3.8) is 0 Å². The van der Waals surface area contributed by atoms with Gasteiger partial charge in [0, 0.05) is 40.3 Å². The lowest BCUT2D eigenvalue weighted by atomic mass is 9.96. The summed E-state index contributed by atoms with van der Waals surface area (Å²) in [5, 5.41) is 0.310. The van der Waals surface area contributed by atoms with Gasteiger partial charge in [-0.3, -0.25) is 23.6 Å². The molecule has 0 bridgehead atoms. The van der Waals surface area contributed by atoms with Gasteiger partial charge < -0.3 is 4.90 Å². The second-order valence-corrected chi connectivity index (χ2v) is 8.83. The smallest absolute Gasteiger partial charge is 0.332 e. The molecule has 1 aliphatic rings. The summed E-state index contributed by atoms with van der Waals surface area (Å²) in [5.74, 6) is -0.198. The van der Waals surface area contributed by atoms with Gasteiger partial charge in [-0.2, -0.15) is 0 Å². The number of piperazine rings is 1. The van der Waals surface area contributed by atoms with Gasteiger partial charge in [0.1, 0.15) is 11.3 Å². The van der Waals surface area contributed by atoms with E-state index in [9.17, 15) is 14.4 Å². The van der Waals surface area contributed by atoms with E-state index in [1.165, 1.54) is 22.7 Å². The standard InChI is InChI=1S/C27H27N5O3/c1-29-24-21(25(33)30(2)27(29)35)13-14-22(28-24)26(34)32-17-15-31(16-18-32)23(19-9-5-3-6-10-19)20-11-7-4-8-12-20/h3-14,23H,15-18H2,1-2H3. The minimum Gasteiger partial charge on any atom is -0.335 e. The molecule has 35 heavy (non-hydrogen) atoms. The monoisotopic (exact) mass is 469 g/mol. The number of rotatable bonds is 4. The SMILES string of the molecule is Cn1c(=O)c2ccc(C(=O)N3CCN(C(c4ccccc4)c4ccccc4)CC3)nc2n(C)c1=O. The van der Waals surface area contributed by atoms with Crippen LogP contribution in [0.3, 0.4) is 0 Å². The molecule has 1 saturated heterocycles. The van der Waals surface area contributed by atoms with Crippen LogP contribution < -0.4 is 11.2 Å². The molecule has 178 valence electrons. The van der Waals surface area contributed by atoms with Gasteiger partial charge in [0.05, 0.1) is 11.4 Å². The highest BCUT2D eigenvalue weighted by Gasteiger charge is 2.29. The molecular formula is C27H27N5O3. The van der Waals surface area contributed by atoms with Gasteiger partial charge in [-0.25, -0.2) is 9.78 Å². The Morgan fingerprint density at radius 1 is 0.771 bits per heavy atom. The third-order valence-electron chi connectivity index (χ3n) is 6.72. The molecule has 0 unspecified atom stereocenters. The molecule has 0 atom stereocenters. The number of nitrogens with zero attached hydrogens (tertiary/aromatic N) is 5. The van der Waals surface area contributed by atoms with Crippen molar-refractivity contribution in [2.24, 2.45) is 14.1 Å². The van der Waals surface area contributed by atoms with E-state index in [1.807, 2.05) is 12.1 Å². The van der Waals surface area contributed by atoms with Crippen molar-refractivity contribution < 1.29 is 4.79 Å². The average Bonchev–Trinajstić information content (AvgIpc) is 2.92. The van der Waals surface area contributed by atoms with Crippen molar-refractivity contribution in [3.05, 3.63) is 110 Å². The van der Waals surface area contributed by atoms with Gasteiger partial charge in [0.15, 0.2) is 0 Å². The highest BCUT2D eigenvalue weighted by Crippen LogP contribution is 2.29. The number of aromatic nitrogens is 3. The molecule has 2 aromatic carbocycles. The predicted molar refractivity (Wildman–Crippen MR) is 134 cm³/mol. The van der Waals surface area contributed by atoms with Crippen molar-refractivity contribution in [2.45, 2.75) is 6.04 Å². The maximum absolute atomic E-state index is 13.3. The van der Waals surface area contributed by atoms with E-state index >= 15 is 0 Å². The van der Waals surface area contributed by atoms with Gasteiger partial charge in [0.2, 0.25) is 0 Å². The lowest BCUT2D eigenvalue weighted by Gasteiger charge is -2.39. The zero-order valence-electron chi connectivity index (χ0n) is 19.8. The largest absolute Gasteiger partial charge is 0.335 e. The fourth-order valence-corrected chi connectivity index (χ4v) is 4.80. The van der Waals surface area contributed by atoms with Crippen LogP contribution in [0.15, 0.2) is 82.4 Å². The Morgan fingerprint density at radius 2 is 1.34 bits per heavy atom. The summed E-state index contributed by atoms with van der Waals surface area (Å²) in [4.78, 5) is 46.6. The maximum Gasteiger partial charge on any atom is 0.332 e. The van der Waals surface area contributed by atoms with Crippen molar-refractivity contribution in [1.82, 2.24) is 23.9 Å². The summed E-state index contributed by atoms with van der Waals surface area (Å²) in [7, 11) is 2.98. The molecule has 0 spiro atoms. The van der Waals surface area contributed by atoms with Crippen LogP contribution in [0.5, 0.6) is 0 Å². The van der Waals surface area contributed by atoms with E-state index in [2.05, 4.69) is 58.4 Å². The number of aryl methyl sites for hydroxylation is 1. The quantitative estimate of drug-likeness (QED) is 0.458. The Morgan fingerprint density at radius 3 is 1.91 bits per heavy atom. The van der Waals surface area contributed by atoms with Gasteiger partial charge in [-0.15, -0.1) is 0 Å². The van der Waals surface area contributed by atoms with E-state index in [4.69, 9.17) is 0 Å². The van der Waals surface area contributed by atoms with Gasteiger partial charge in [-0.1, -0.05) is 60.7 Å². The van der Waals surface area contributed by atoms with E-state index in [-0.39, 0.29) is 23.3 Å². The summed E-state index contributed by atoms with van der Waals surface area (Å²) < 4.78 is 2.34. The van der Waals surface area contributed by atoms with Crippen molar-refractivity contribution in [3.8, 4) is 0 Å². The lowest BCUT2D eigenvalue weighted by Crippen LogP contribution is -2.50. The first-order valence-electron chi connectivity index (χ1n) is 11.7. The molecule has 2 aromatic heterocycles. The van der Waals surface area contributed by atoms with Gasteiger partial charge >= 0.3 is 5.69 Å². The molecule has 0 N–H and O–H groups in total. The molecule has 0 saturated carbocycles. The summed E-state index contributed by atoms with van der Waals surface area (Å²) in [6.45, 7) is 2.55. The van der Waals surface area contributed by atoms with Crippen LogP contribution >= 0.6 is 0 Å². The molecule has 0 radical (unpaired) electrons. The number of amides is 1. The fourth-order valence-electron chi connectivity index (χ4n) is 4.80. The second kappa shape index (κ2) is 9.31. The average molecular weight is 470 g/mol. The van der Waals surface area contributed by atoms with E-state index in [0.717, 1.165) is 4.57 Å². The number of fused-ring (bicyclic) bond motifs is 1. The zero-order valence-corrected chi connectivity index (χ0v) is 19.8. The second-order valence-electron chi connectivity index (χ2n) is 8.83. The molecule has 8 nitrogen and oxygen atoms in total. The molecule has 0 aliphatic carbocycles. The van der Waals surface area contributed by atoms with Crippen molar-refractivity contribution >= 4 is 16.9 Å². The maximum atomic E-state index is 13.3. The predicted octanol–water partition coefficient (Wildman–Crippen LogP) is 2.18. The highest BCUT2D eigenvalue weighted by molar-refractivity contribution is 5.94. The third kappa shape index (κ3) is 4.17. The topological polar surface area (TPSA) is 80.4 Å². The summed E-state index contributed by atoms with van der Waals surface area (Å²) in [5.41, 5.74) is 2.00. The molecule has 1 fully saturated rings. The first-order chi connectivity index (χ1) is 17.0. The van der Waals surface area contributed by atoms with Crippen LogP contribution in [0.25, 0.3) is 11.0 Å². The van der Waals surface area contributed by atoms with Crippen LogP contribution in [0, 0.1) is 0 Å². The Bertz CT molecular complexity index is 1450. The van der Waals surface area contributed by atoms with E-state index in [0.29, 0.717) is 31.6 Å². The first kappa shape index (κ1) is 22.7. The molecule has 8 heteroatoms. The number of hydrogen-bond donors (Lipinski definition) is 0. The molecule has 1 amide bonds. The summed E-state index contributed by atoms with van der Waals surface area (Å²) in [6.07, 6.45) is 0. The van der Waals surface area contributed by atoms with Crippen molar-refractivity contribution in [1.29, 1.82) is 0 Å². The van der Waals surface area contributed by atoms with Crippen LogP contribution in [0.4, 0.5) is 0 Å². The number of pyridine rings is 1. The minimum absolute atomic E-state index is 0.110. The third-order valence-corrected chi connectivity index (χ3v) is 6.72. The van der Waals surface area contributed by atoms with Crippen LogP contribution in [-0.2, 0) is 14.1 Å². The van der Waals surface area contributed by atoms with Gasteiger partial charge in [-0.05, 0) is 23.3 Å². The molecule has 1 aliphatic heterocycles. The Labute approximate surface area is 202 Å². The zero-order chi connectivity index (χ0) is 24.5. The Kier molecular flexibility index (Phi) is 6.05. The number of carbonyl (C=O) groups excluding carboxylic acids is 1. The van der Waals surface area contributed by atoms with Crippen LogP contribution in [0.1, 0.15) is 27.7 Å². The fraction of sp³-hybridized carbons (Fsp3) is 0.259. The number of benzene rings is 2. The number of hydrogen-bond acceptors (Lipinski definition) is 5. The van der Waals surface area contributed by atoms with Crippen LogP contribution in [0.2, 0.25) is 0 Å². The molecule has 3 heterocycles. The van der Waals surface area contributed by atoms with Crippen molar-refractivity contribution in [2.75, 3.05) is 26.2 Å². The Balaban J connectivity index is 1.38. The van der Waals surface area contributed by atoms with Crippen LogP contribution in [-0.4, -0.2) is 56.0 Å². The normalized spacial score (nSPS) is 14.5. The first-order valence-corrected chi connectivity index (χ1v) is 11.7. The highest BCUT2D eigenvalue weighted by atomic mass is 16.2. The van der Waals surface area contributed by atoms with E-state index in [1.54, 1.807) is 24.1 Å². The minimum atomic E-state index is -0.471. The summed E-state index contributed by atoms with van der Waals surface area (Å²) >= 11 is 0. The lowest BCUT2D eigenvalue weighted by molar-refractivity contribution is 0.0592. The number of carbonyl (C=O) groups is 1.